The van der Waals surface area contributed by atoms with Gasteiger partial charge in [-0.3, -0.25) is 14.7 Å². The number of pyridine rings is 2. The fourth-order valence-corrected chi connectivity index (χ4v) is 5.46. The van der Waals surface area contributed by atoms with Gasteiger partial charge in [-0.2, -0.15) is 0 Å². The number of nitrogens with zero attached hydrogens (tertiary/aromatic N) is 3. The van der Waals surface area contributed by atoms with Gasteiger partial charge in [-0.25, -0.2) is 4.98 Å². The van der Waals surface area contributed by atoms with Gasteiger partial charge in [0, 0.05) is 23.3 Å². The van der Waals surface area contributed by atoms with Gasteiger partial charge in [-0.1, -0.05) is 36.4 Å². The largest absolute Gasteiger partial charge is 0.397 e. The third-order valence-electron chi connectivity index (χ3n) is 6.08. The molecule has 4 heterocycles. The molecule has 0 atom stereocenters. The van der Waals surface area contributed by atoms with E-state index in [1.54, 1.807) is 12.4 Å². The SMILES string of the molecule is Nc1c(C(=O)N2c3ccccc3CCc3ccccc32)sc2nc(-c3cccnc3)ccc12. The fourth-order valence-electron chi connectivity index (χ4n) is 4.43. The predicted molar refractivity (Wildman–Crippen MR) is 134 cm³/mol. The molecule has 0 saturated heterocycles. The van der Waals surface area contributed by atoms with Gasteiger partial charge in [-0.15, -0.1) is 11.3 Å². The molecule has 33 heavy (non-hydrogen) atoms. The molecule has 0 unspecified atom stereocenters. The number of para-hydroxylation sites is 2. The molecule has 6 heteroatoms. The van der Waals surface area contributed by atoms with Crippen LogP contribution in [0.2, 0.25) is 0 Å². The Morgan fingerprint density at radius 1 is 0.879 bits per heavy atom. The molecule has 160 valence electrons. The van der Waals surface area contributed by atoms with E-state index in [0.717, 1.165) is 56.8 Å². The molecule has 3 aromatic heterocycles. The second-order valence-electron chi connectivity index (χ2n) is 8.03. The van der Waals surface area contributed by atoms with E-state index in [9.17, 15) is 4.79 Å². The molecular formula is C27H20N4OS. The van der Waals surface area contributed by atoms with Crippen LogP contribution in [0.25, 0.3) is 21.5 Å². The Kier molecular flexibility index (Phi) is 4.66. The number of anilines is 3. The van der Waals surface area contributed by atoms with Crippen molar-refractivity contribution >= 4 is 44.5 Å². The van der Waals surface area contributed by atoms with E-state index in [1.807, 2.05) is 65.6 Å². The minimum Gasteiger partial charge on any atom is -0.397 e. The van der Waals surface area contributed by atoms with Crippen LogP contribution in [0, 0.1) is 0 Å². The number of rotatable bonds is 2. The molecule has 2 N–H and O–H groups in total. The molecule has 0 fully saturated rings. The van der Waals surface area contributed by atoms with Crippen LogP contribution in [-0.2, 0) is 12.8 Å². The fraction of sp³-hybridized carbons (Fsp3) is 0.0741. The maximum absolute atomic E-state index is 14.0. The number of aromatic nitrogens is 2. The number of aryl methyl sites for hydroxylation is 2. The van der Waals surface area contributed by atoms with E-state index < -0.39 is 0 Å². The average molecular weight is 449 g/mol. The number of benzene rings is 2. The minimum atomic E-state index is -0.125. The van der Waals surface area contributed by atoms with Crippen LogP contribution >= 0.6 is 11.3 Å². The third-order valence-corrected chi connectivity index (χ3v) is 7.18. The molecule has 0 spiro atoms. The second kappa shape index (κ2) is 7.83. The second-order valence-corrected chi connectivity index (χ2v) is 9.03. The molecule has 5 aromatic rings. The first-order chi connectivity index (χ1) is 16.2. The quantitative estimate of drug-likeness (QED) is 0.359. The molecule has 2 aromatic carbocycles. The summed E-state index contributed by atoms with van der Waals surface area (Å²) in [5, 5.41) is 0.799. The van der Waals surface area contributed by atoms with Crippen LogP contribution in [0.3, 0.4) is 0 Å². The lowest BCUT2D eigenvalue weighted by Gasteiger charge is -2.24. The Labute approximate surface area is 195 Å². The molecule has 1 aliphatic rings. The third kappa shape index (κ3) is 3.27. The summed E-state index contributed by atoms with van der Waals surface area (Å²) < 4.78 is 0. The Balaban J connectivity index is 1.50. The van der Waals surface area contributed by atoms with Gasteiger partial charge in [0.1, 0.15) is 9.71 Å². The monoisotopic (exact) mass is 448 g/mol. The Bertz CT molecular complexity index is 1460. The first-order valence-electron chi connectivity index (χ1n) is 10.8. The number of nitrogens with two attached hydrogens (primary N) is 1. The maximum atomic E-state index is 14.0. The summed E-state index contributed by atoms with van der Waals surface area (Å²) >= 11 is 1.34. The van der Waals surface area contributed by atoms with E-state index >= 15 is 0 Å². The molecule has 0 saturated carbocycles. The lowest BCUT2D eigenvalue weighted by molar-refractivity contribution is 0.100. The van der Waals surface area contributed by atoms with Crippen molar-refractivity contribution in [2.24, 2.45) is 0 Å². The number of carbonyl (C=O) groups is 1. The summed E-state index contributed by atoms with van der Waals surface area (Å²) in [5.41, 5.74) is 12.9. The number of carbonyl (C=O) groups excluding carboxylic acids is 1. The van der Waals surface area contributed by atoms with Gasteiger partial charge in [0.15, 0.2) is 0 Å². The van der Waals surface area contributed by atoms with E-state index in [4.69, 9.17) is 10.7 Å². The molecule has 6 rings (SSSR count). The molecule has 0 bridgehead atoms. The van der Waals surface area contributed by atoms with E-state index in [-0.39, 0.29) is 5.91 Å². The van der Waals surface area contributed by atoms with Gasteiger partial charge in [0.2, 0.25) is 0 Å². The van der Waals surface area contributed by atoms with Crippen LogP contribution in [0.15, 0.2) is 85.2 Å². The highest BCUT2D eigenvalue weighted by atomic mass is 32.1. The van der Waals surface area contributed by atoms with Crippen LogP contribution in [-0.4, -0.2) is 15.9 Å². The molecule has 0 aliphatic carbocycles. The highest BCUT2D eigenvalue weighted by Crippen LogP contribution is 2.41. The highest BCUT2D eigenvalue weighted by molar-refractivity contribution is 7.21. The Morgan fingerprint density at radius 3 is 2.24 bits per heavy atom. The summed E-state index contributed by atoms with van der Waals surface area (Å²) in [5.74, 6) is -0.125. The van der Waals surface area contributed by atoms with Gasteiger partial charge in [0.25, 0.3) is 5.91 Å². The van der Waals surface area contributed by atoms with Crippen LogP contribution in [0.4, 0.5) is 17.1 Å². The Hall–Kier alpha value is -4.03. The number of hydrogen-bond acceptors (Lipinski definition) is 5. The zero-order valence-electron chi connectivity index (χ0n) is 17.7. The first kappa shape index (κ1) is 19.6. The van der Waals surface area contributed by atoms with Crippen LogP contribution in [0.5, 0.6) is 0 Å². The molecule has 1 aliphatic heterocycles. The molecular weight excluding hydrogens is 428 g/mol. The summed E-state index contributed by atoms with van der Waals surface area (Å²) in [4.78, 5) is 26.1. The number of thiophene rings is 1. The van der Waals surface area contributed by atoms with Crippen molar-refractivity contribution in [3.63, 3.8) is 0 Å². The summed E-state index contributed by atoms with van der Waals surface area (Å²) in [6, 6.07) is 23.9. The standard InChI is InChI=1S/C27H20N4OS/c28-24-20-13-14-21(19-8-5-15-29-16-19)30-26(20)33-25(24)27(32)31-22-9-3-1-6-17(22)11-12-18-7-2-4-10-23(18)31/h1-10,13-16H,11-12,28H2. The minimum absolute atomic E-state index is 0.125. The van der Waals surface area contributed by atoms with Crippen molar-refractivity contribution in [2.45, 2.75) is 12.8 Å². The molecule has 1 amide bonds. The maximum Gasteiger partial charge on any atom is 0.275 e. The zero-order valence-corrected chi connectivity index (χ0v) is 18.5. The lowest BCUT2D eigenvalue weighted by atomic mass is 10.0. The highest BCUT2D eigenvalue weighted by Gasteiger charge is 2.29. The van der Waals surface area contributed by atoms with Crippen molar-refractivity contribution in [3.05, 3.63) is 101 Å². The van der Waals surface area contributed by atoms with Gasteiger partial charge >= 0.3 is 0 Å². The predicted octanol–water partition coefficient (Wildman–Crippen LogP) is 6.02. The van der Waals surface area contributed by atoms with Crippen LogP contribution in [0.1, 0.15) is 20.8 Å². The topological polar surface area (TPSA) is 72.1 Å². The van der Waals surface area contributed by atoms with Crippen molar-refractivity contribution in [3.8, 4) is 11.3 Å². The van der Waals surface area contributed by atoms with Crippen molar-refractivity contribution in [2.75, 3.05) is 10.6 Å². The summed E-state index contributed by atoms with van der Waals surface area (Å²) in [6.45, 7) is 0. The van der Waals surface area contributed by atoms with Crippen molar-refractivity contribution < 1.29 is 4.79 Å². The summed E-state index contributed by atoms with van der Waals surface area (Å²) in [6.07, 6.45) is 5.28. The van der Waals surface area contributed by atoms with Gasteiger partial charge in [0.05, 0.1) is 22.8 Å². The normalized spacial score (nSPS) is 12.8. The Morgan fingerprint density at radius 2 is 1.58 bits per heavy atom. The smallest absolute Gasteiger partial charge is 0.275 e. The van der Waals surface area contributed by atoms with Gasteiger partial charge < -0.3 is 5.73 Å². The number of hydrogen-bond donors (Lipinski definition) is 1. The van der Waals surface area contributed by atoms with Crippen LogP contribution < -0.4 is 10.6 Å². The van der Waals surface area contributed by atoms with E-state index in [0.29, 0.717) is 10.6 Å². The number of fused-ring (bicyclic) bond motifs is 3. The zero-order chi connectivity index (χ0) is 22.4. The van der Waals surface area contributed by atoms with Crippen molar-refractivity contribution in [1.82, 2.24) is 9.97 Å². The number of amides is 1. The van der Waals surface area contributed by atoms with Crippen molar-refractivity contribution in [1.29, 1.82) is 0 Å². The van der Waals surface area contributed by atoms with E-state index in [1.165, 1.54) is 11.3 Å². The number of nitrogen functional groups attached to an aromatic ring is 1. The first-order valence-corrected chi connectivity index (χ1v) is 11.6. The molecule has 5 nitrogen and oxygen atoms in total. The molecule has 0 radical (unpaired) electrons. The summed E-state index contributed by atoms with van der Waals surface area (Å²) in [7, 11) is 0. The van der Waals surface area contributed by atoms with Gasteiger partial charge in [-0.05, 0) is 60.4 Å². The average Bonchev–Trinajstić information content (AvgIpc) is 3.10. The lowest BCUT2D eigenvalue weighted by Crippen LogP contribution is -2.26. The van der Waals surface area contributed by atoms with E-state index in [2.05, 4.69) is 17.1 Å².